The van der Waals surface area contributed by atoms with Gasteiger partial charge in [0, 0.05) is 17.2 Å². The molecule has 0 unspecified atom stereocenters. The van der Waals surface area contributed by atoms with Crippen LogP contribution in [0.5, 0.6) is 0 Å². The van der Waals surface area contributed by atoms with Gasteiger partial charge in [-0.3, -0.25) is 0 Å². The minimum Gasteiger partial charge on any atom is -0.201 e. The number of aryl methyl sites for hydroxylation is 1. The molecule has 1 aromatic carbocycles. The number of rotatable bonds is 2. The number of benzene rings is 1. The van der Waals surface area contributed by atoms with E-state index in [0.29, 0.717) is 6.17 Å². The second-order valence-corrected chi connectivity index (χ2v) is 6.47. The number of pyridine rings is 1. The van der Waals surface area contributed by atoms with Gasteiger partial charge in [0.1, 0.15) is 8.42 Å². The summed E-state index contributed by atoms with van der Waals surface area (Å²) in [7, 11) is 1.98. The second kappa shape index (κ2) is 5.16. The molecule has 0 aliphatic rings. The van der Waals surface area contributed by atoms with E-state index in [0.717, 1.165) is 17.7 Å². The summed E-state index contributed by atoms with van der Waals surface area (Å²) >= 11 is 0. The first-order valence-corrected chi connectivity index (χ1v) is 6.84. The molecule has 2 aromatic rings. The summed E-state index contributed by atoms with van der Waals surface area (Å²) in [6.45, 7) is 8.74. The standard InChI is InChI=1S/C18H24N/c1-14-8-6-7-9-16(14)17-11-10-15(13-19(17)5)12-18(2,3)4/h6-11,13H,12H2,1-5H3/q+1/i13D. The largest absolute Gasteiger partial charge is 0.212 e. The summed E-state index contributed by atoms with van der Waals surface area (Å²) in [5.74, 6) is 0. The molecule has 0 spiro atoms. The Bertz CT molecular complexity index is 624. The normalized spacial score (nSPS) is 12.4. The van der Waals surface area contributed by atoms with E-state index < -0.39 is 0 Å². The van der Waals surface area contributed by atoms with Crippen molar-refractivity contribution in [1.29, 1.82) is 0 Å². The molecule has 1 aromatic heterocycles. The quantitative estimate of drug-likeness (QED) is 0.712. The molecule has 19 heavy (non-hydrogen) atoms. The molecule has 1 heterocycles. The fourth-order valence-corrected chi connectivity index (χ4v) is 2.40. The van der Waals surface area contributed by atoms with Crippen LogP contribution in [0.1, 0.15) is 33.3 Å². The van der Waals surface area contributed by atoms with Crippen molar-refractivity contribution >= 4 is 0 Å². The van der Waals surface area contributed by atoms with Gasteiger partial charge in [-0.05, 0) is 36.5 Å². The lowest BCUT2D eigenvalue weighted by Gasteiger charge is -2.17. The topological polar surface area (TPSA) is 3.88 Å². The third-order valence-electron chi connectivity index (χ3n) is 3.26. The number of aromatic nitrogens is 1. The molecule has 0 aliphatic heterocycles. The minimum atomic E-state index is 0.201. The molecular formula is C18H24N+. The van der Waals surface area contributed by atoms with Crippen LogP contribution >= 0.6 is 0 Å². The van der Waals surface area contributed by atoms with E-state index in [2.05, 4.69) is 64.1 Å². The van der Waals surface area contributed by atoms with Crippen molar-refractivity contribution in [1.82, 2.24) is 0 Å². The van der Waals surface area contributed by atoms with Gasteiger partial charge in [-0.15, -0.1) is 0 Å². The van der Waals surface area contributed by atoms with Crippen LogP contribution in [0.15, 0.2) is 42.6 Å². The molecule has 1 heteroatoms. The van der Waals surface area contributed by atoms with Crippen molar-refractivity contribution < 1.29 is 5.94 Å². The van der Waals surface area contributed by atoms with Gasteiger partial charge in [-0.1, -0.05) is 39.0 Å². The Labute approximate surface area is 118 Å². The molecule has 2 rings (SSSR count). The van der Waals surface area contributed by atoms with E-state index in [4.69, 9.17) is 1.37 Å². The first-order valence-electron chi connectivity index (χ1n) is 7.34. The predicted octanol–water partition coefficient (Wildman–Crippen LogP) is 4.08. The Balaban J connectivity index is 2.49. The van der Waals surface area contributed by atoms with Crippen molar-refractivity contribution in [3.05, 3.63) is 53.7 Å². The van der Waals surface area contributed by atoms with Crippen molar-refractivity contribution in [3.8, 4) is 11.3 Å². The summed E-state index contributed by atoms with van der Waals surface area (Å²) in [4.78, 5) is 0. The van der Waals surface area contributed by atoms with Crippen LogP contribution in [-0.4, -0.2) is 0 Å². The Kier molecular flexibility index (Phi) is 3.37. The first kappa shape index (κ1) is 12.4. The molecule has 0 saturated heterocycles. The van der Waals surface area contributed by atoms with Crippen molar-refractivity contribution in [2.45, 2.75) is 34.1 Å². The monoisotopic (exact) mass is 255 g/mol. The third-order valence-corrected chi connectivity index (χ3v) is 3.26. The van der Waals surface area contributed by atoms with Crippen LogP contribution in [0.25, 0.3) is 11.3 Å². The van der Waals surface area contributed by atoms with E-state index in [-0.39, 0.29) is 5.41 Å². The molecule has 0 aliphatic carbocycles. The van der Waals surface area contributed by atoms with E-state index >= 15 is 0 Å². The average Bonchev–Trinajstić information content (AvgIpc) is 2.35. The highest BCUT2D eigenvalue weighted by Gasteiger charge is 2.16. The zero-order valence-corrected chi connectivity index (χ0v) is 12.6. The molecule has 0 amide bonds. The van der Waals surface area contributed by atoms with Crippen molar-refractivity contribution in [2.75, 3.05) is 0 Å². The molecule has 0 N–H and O–H groups in total. The zero-order valence-electron chi connectivity index (χ0n) is 13.6. The van der Waals surface area contributed by atoms with E-state index in [9.17, 15) is 0 Å². The summed E-state index contributed by atoms with van der Waals surface area (Å²) in [6.07, 6.45) is 1.54. The Morgan fingerprint density at radius 1 is 1.11 bits per heavy atom. The maximum absolute atomic E-state index is 8.40. The van der Waals surface area contributed by atoms with Crippen LogP contribution in [0.2, 0.25) is 0 Å². The number of nitrogens with zero attached hydrogens (tertiary/aromatic N) is 1. The van der Waals surface area contributed by atoms with Gasteiger partial charge in [0.15, 0.2) is 6.17 Å². The summed E-state index contributed by atoms with van der Waals surface area (Å²) < 4.78 is 10.4. The Hall–Kier alpha value is -1.63. The van der Waals surface area contributed by atoms with Gasteiger partial charge < -0.3 is 0 Å². The maximum atomic E-state index is 8.40. The van der Waals surface area contributed by atoms with E-state index in [1.807, 2.05) is 11.6 Å². The SMILES string of the molecule is [2H]c1c(CC(C)(C)C)ccc(-c2ccccc2C)[n+]1C. The minimum absolute atomic E-state index is 0.201. The smallest absolute Gasteiger partial charge is 0.201 e. The summed E-state index contributed by atoms with van der Waals surface area (Å²) in [6, 6.07) is 12.6. The number of hydrogen-bond donors (Lipinski definition) is 0. The van der Waals surface area contributed by atoms with Gasteiger partial charge in [0.25, 0.3) is 0 Å². The molecule has 0 radical (unpaired) electrons. The highest BCUT2D eigenvalue weighted by molar-refractivity contribution is 5.60. The molecular weight excluding hydrogens is 230 g/mol. The maximum Gasteiger partial charge on any atom is 0.212 e. The molecule has 0 saturated carbocycles. The highest BCUT2D eigenvalue weighted by Crippen LogP contribution is 2.23. The molecule has 0 bridgehead atoms. The zero-order chi connectivity index (χ0) is 14.9. The van der Waals surface area contributed by atoms with Crippen molar-refractivity contribution in [2.24, 2.45) is 12.5 Å². The van der Waals surface area contributed by atoms with Crippen LogP contribution in [0.4, 0.5) is 0 Å². The Morgan fingerprint density at radius 2 is 1.79 bits per heavy atom. The molecule has 100 valence electrons. The van der Waals surface area contributed by atoms with Gasteiger partial charge in [0.05, 0.1) is 0 Å². The highest BCUT2D eigenvalue weighted by atomic mass is 14.9. The second-order valence-electron chi connectivity index (χ2n) is 6.47. The molecule has 1 nitrogen and oxygen atoms in total. The predicted molar refractivity (Wildman–Crippen MR) is 81.0 cm³/mol. The average molecular weight is 255 g/mol. The van der Waals surface area contributed by atoms with Crippen LogP contribution in [0, 0.1) is 12.3 Å². The van der Waals surface area contributed by atoms with Crippen LogP contribution < -0.4 is 4.57 Å². The van der Waals surface area contributed by atoms with Gasteiger partial charge in [-0.25, -0.2) is 4.57 Å². The summed E-state index contributed by atoms with van der Waals surface area (Å²) in [5, 5.41) is 0. The van der Waals surface area contributed by atoms with E-state index in [1.165, 1.54) is 11.1 Å². The third kappa shape index (κ3) is 3.44. The summed E-state index contributed by atoms with van der Waals surface area (Å²) in [5.41, 5.74) is 4.85. The van der Waals surface area contributed by atoms with Gasteiger partial charge in [0.2, 0.25) is 5.69 Å². The van der Waals surface area contributed by atoms with Gasteiger partial charge in [-0.2, -0.15) is 0 Å². The fraction of sp³-hybridized carbons (Fsp3) is 0.389. The van der Waals surface area contributed by atoms with Crippen LogP contribution in [0.3, 0.4) is 0 Å². The van der Waals surface area contributed by atoms with Crippen LogP contribution in [-0.2, 0) is 13.5 Å². The lowest BCUT2D eigenvalue weighted by molar-refractivity contribution is -0.660. The first-order chi connectivity index (χ1) is 9.29. The van der Waals surface area contributed by atoms with Crippen molar-refractivity contribution in [3.63, 3.8) is 0 Å². The van der Waals surface area contributed by atoms with E-state index in [1.54, 1.807) is 0 Å². The van der Waals surface area contributed by atoms with Gasteiger partial charge >= 0.3 is 0 Å². The lowest BCUT2D eigenvalue weighted by atomic mass is 9.88. The molecule has 0 atom stereocenters. The molecule has 0 fully saturated rings. The fourth-order valence-electron chi connectivity index (χ4n) is 2.40. The Morgan fingerprint density at radius 3 is 2.42 bits per heavy atom. The lowest BCUT2D eigenvalue weighted by Crippen LogP contribution is -2.32. The number of hydrogen-bond acceptors (Lipinski definition) is 0.